The summed E-state index contributed by atoms with van der Waals surface area (Å²) in [6.45, 7) is 0. The minimum Gasteiger partial charge on any atom is -0.477 e. The van der Waals surface area contributed by atoms with Crippen molar-refractivity contribution in [2.75, 3.05) is 0 Å². The van der Waals surface area contributed by atoms with E-state index in [1.165, 1.54) is 11.3 Å². The molecule has 1 fully saturated rings. The smallest absolute Gasteiger partial charge is 0.261 e. The Labute approximate surface area is 133 Å². The van der Waals surface area contributed by atoms with Gasteiger partial charge in [-0.2, -0.15) is 5.26 Å². The first-order valence-electron chi connectivity index (χ1n) is 7.22. The second kappa shape index (κ2) is 5.82. The summed E-state index contributed by atoms with van der Waals surface area (Å²) in [6, 6.07) is 13.5. The molecule has 1 aliphatic carbocycles. The van der Waals surface area contributed by atoms with Gasteiger partial charge in [-0.25, -0.2) is 0 Å². The van der Waals surface area contributed by atoms with Crippen LogP contribution in [0.25, 0.3) is 10.4 Å². The second-order valence-corrected chi connectivity index (χ2v) is 6.55. The average molecular weight is 312 g/mol. The molecule has 0 saturated heterocycles. The highest BCUT2D eigenvalue weighted by Crippen LogP contribution is 2.35. The van der Waals surface area contributed by atoms with E-state index in [0.717, 1.165) is 23.3 Å². The highest BCUT2D eigenvalue weighted by molar-refractivity contribution is 7.16. The van der Waals surface area contributed by atoms with Crippen molar-refractivity contribution in [2.45, 2.75) is 31.3 Å². The number of benzene rings is 1. The van der Waals surface area contributed by atoms with Crippen molar-refractivity contribution in [1.82, 2.24) is 0 Å². The molecular weight excluding hydrogens is 296 g/mol. The highest BCUT2D eigenvalue weighted by atomic mass is 32.1. The van der Waals surface area contributed by atoms with Crippen molar-refractivity contribution >= 4 is 17.2 Å². The average Bonchev–Trinajstić information content (AvgIpc) is 3.17. The van der Waals surface area contributed by atoms with Gasteiger partial charge in [-0.15, -0.1) is 11.3 Å². The first-order chi connectivity index (χ1) is 10.6. The largest absolute Gasteiger partial charge is 0.477 e. The van der Waals surface area contributed by atoms with Gasteiger partial charge in [-0.1, -0.05) is 0 Å². The molecule has 0 radical (unpaired) electrons. The monoisotopic (exact) mass is 312 g/mol. The third kappa shape index (κ3) is 2.70. The number of rotatable bonds is 4. The van der Waals surface area contributed by atoms with Crippen molar-refractivity contribution < 1.29 is 9.53 Å². The third-order valence-electron chi connectivity index (χ3n) is 4.03. The first kappa shape index (κ1) is 14.6. The molecule has 0 aliphatic heterocycles. The normalized spacial score (nSPS) is 16.1. The number of nitrogens with two attached hydrogens (primary N) is 1. The Morgan fingerprint density at radius 1 is 1.18 bits per heavy atom. The van der Waals surface area contributed by atoms with Crippen LogP contribution >= 0.6 is 11.3 Å². The van der Waals surface area contributed by atoms with Gasteiger partial charge >= 0.3 is 0 Å². The standard InChI is InChI=1S/C17H16N2O2S/c18-11-14-7-8-15(22-14)12-3-5-13(6-4-12)21-17(16(19)20)9-1-2-10-17/h3-8H,1-2,9-10H2,(H2,19,20). The van der Waals surface area contributed by atoms with E-state index in [-0.39, 0.29) is 5.91 Å². The summed E-state index contributed by atoms with van der Waals surface area (Å²) in [7, 11) is 0. The fourth-order valence-electron chi connectivity index (χ4n) is 2.81. The van der Waals surface area contributed by atoms with E-state index in [4.69, 9.17) is 15.7 Å². The topological polar surface area (TPSA) is 76.1 Å². The molecule has 5 heteroatoms. The van der Waals surface area contributed by atoms with E-state index in [1.807, 2.05) is 36.4 Å². The summed E-state index contributed by atoms with van der Waals surface area (Å²) in [5.41, 5.74) is 5.70. The van der Waals surface area contributed by atoms with Crippen molar-refractivity contribution in [3.8, 4) is 22.3 Å². The van der Waals surface area contributed by atoms with E-state index in [1.54, 1.807) is 0 Å². The molecule has 1 amide bonds. The van der Waals surface area contributed by atoms with Crippen LogP contribution in [0, 0.1) is 11.3 Å². The minimum absolute atomic E-state index is 0.383. The maximum Gasteiger partial charge on any atom is 0.261 e. The van der Waals surface area contributed by atoms with Gasteiger partial charge < -0.3 is 10.5 Å². The number of ether oxygens (including phenoxy) is 1. The molecule has 0 bridgehead atoms. The van der Waals surface area contributed by atoms with Crippen LogP contribution in [-0.2, 0) is 4.79 Å². The van der Waals surface area contributed by atoms with Crippen molar-refractivity contribution in [3.05, 3.63) is 41.3 Å². The number of carbonyl (C=O) groups is 1. The van der Waals surface area contributed by atoms with Crippen LogP contribution in [0.2, 0.25) is 0 Å². The molecule has 1 aliphatic rings. The molecular formula is C17H16N2O2S. The molecule has 2 N–H and O–H groups in total. The highest BCUT2D eigenvalue weighted by Gasteiger charge is 2.42. The van der Waals surface area contributed by atoms with Gasteiger partial charge in [0, 0.05) is 4.88 Å². The van der Waals surface area contributed by atoms with Crippen LogP contribution in [0.1, 0.15) is 30.6 Å². The number of carbonyl (C=O) groups excluding carboxylic acids is 1. The second-order valence-electron chi connectivity index (χ2n) is 5.47. The molecule has 1 heterocycles. The molecule has 0 unspecified atom stereocenters. The quantitative estimate of drug-likeness (QED) is 0.939. The predicted octanol–water partition coefficient (Wildman–Crippen LogP) is 3.46. The van der Waals surface area contributed by atoms with Gasteiger partial charge in [-0.05, 0) is 67.6 Å². The van der Waals surface area contributed by atoms with Gasteiger partial charge in [-0.3, -0.25) is 4.79 Å². The lowest BCUT2D eigenvalue weighted by Gasteiger charge is -2.26. The van der Waals surface area contributed by atoms with E-state index < -0.39 is 5.60 Å². The summed E-state index contributed by atoms with van der Waals surface area (Å²) in [5.74, 6) is 0.271. The fraction of sp³-hybridized carbons (Fsp3) is 0.294. The maximum absolute atomic E-state index is 11.7. The van der Waals surface area contributed by atoms with Crippen LogP contribution in [0.5, 0.6) is 5.75 Å². The van der Waals surface area contributed by atoms with Crippen LogP contribution in [0.3, 0.4) is 0 Å². The molecule has 0 spiro atoms. The van der Waals surface area contributed by atoms with Crippen molar-refractivity contribution in [1.29, 1.82) is 5.26 Å². The third-order valence-corrected chi connectivity index (χ3v) is 5.07. The van der Waals surface area contributed by atoms with Gasteiger partial charge in [0.2, 0.25) is 0 Å². The first-order valence-corrected chi connectivity index (χ1v) is 8.04. The van der Waals surface area contributed by atoms with Gasteiger partial charge in [0.15, 0.2) is 5.60 Å². The van der Waals surface area contributed by atoms with Gasteiger partial charge in [0.25, 0.3) is 5.91 Å². The number of nitriles is 1. The lowest BCUT2D eigenvalue weighted by Crippen LogP contribution is -2.46. The van der Waals surface area contributed by atoms with E-state index in [9.17, 15) is 4.79 Å². The molecule has 3 rings (SSSR count). The Morgan fingerprint density at radius 2 is 1.86 bits per heavy atom. The number of nitrogens with zero attached hydrogens (tertiary/aromatic N) is 1. The summed E-state index contributed by atoms with van der Waals surface area (Å²) in [4.78, 5) is 13.4. The number of hydrogen-bond donors (Lipinski definition) is 1. The maximum atomic E-state index is 11.7. The number of amides is 1. The summed E-state index contributed by atoms with van der Waals surface area (Å²) < 4.78 is 5.92. The van der Waals surface area contributed by atoms with Crippen molar-refractivity contribution in [2.24, 2.45) is 5.73 Å². The molecule has 22 heavy (non-hydrogen) atoms. The Kier molecular flexibility index (Phi) is 3.86. The SMILES string of the molecule is N#Cc1ccc(-c2ccc(OC3(C(N)=O)CCCC3)cc2)s1. The lowest BCUT2D eigenvalue weighted by atomic mass is 10.0. The van der Waals surface area contributed by atoms with Crippen LogP contribution < -0.4 is 10.5 Å². The summed E-state index contributed by atoms with van der Waals surface area (Å²) in [5, 5.41) is 8.88. The molecule has 2 aromatic rings. The predicted molar refractivity (Wildman–Crippen MR) is 85.5 cm³/mol. The van der Waals surface area contributed by atoms with Crippen molar-refractivity contribution in [3.63, 3.8) is 0 Å². The van der Waals surface area contributed by atoms with Gasteiger partial charge in [0.1, 0.15) is 16.7 Å². The summed E-state index contributed by atoms with van der Waals surface area (Å²) in [6.07, 6.45) is 3.29. The molecule has 1 aromatic heterocycles. The lowest BCUT2D eigenvalue weighted by molar-refractivity contribution is -0.132. The molecule has 4 nitrogen and oxygen atoms in total. The van der Waals surface area contributed by atoms with E-state index >= 15 is 0 Å². The Morgan fingerprint density at radius 3 is 2.41 bits per heavy atom. The fourth-order valence-corrected chi connectivity index (χ4v) is 3.62. The van der Waals surface area contributed by atoms with Crippen LogP contribution in [0.4, 0.5) is 0 Å². The summed E-state index contributed by atoms with van der Waals surface area (Å²) >= 11 is 1.45. The minimum atomic E-state index is -0.849. The molecule has 0 atom stereocenters. The number of hydrogen-bond acceptors (Lipinski definition) is 4. The zero-order chi connectivity index (χ0) is 15.6. The Bertz CT molecular complexity index is 722. The Balaban J connectivity index is 1.79. The zero-order valence-electron chi connectivity index (χ0n) is 12.0. The molecule has 1 aromatic carbocycles. The Hall–Kier alpha value is -2.32. The van der Waals surface area contributed by atoms with Gasteiger partial charge in [0.05, 0.1) is 0 Å². The molecule has 1 saturated carbocycles. The van der Waals surface area contributed by atoms with Crippen LogP contribution in [-0.4, -0.2) is 11.5 Å². The van der Waals surface area contributed by atoms with Crippen LogP contribution in [0.15, 0.2) is 36.4 Å². The molecule has 112 valence electrons. The number of primary amides is 1. The van der Waals surface area contributed by atoms with E-state index in [2.05, 4.69) is 6.07 Å². The number of thiophene rings is 1. The van der Waals surface area contributed by atoms with E-state index in [0.29, 0.717) is 23.5 Å². The zero-order valence-corrected chi connectivity index (χ0v) is 12.9.